The Kier molecular flexibility index (Phi) is 5.12. The van der Waals surface area contributed by atoms with Gasteiger partial charge in [0.15, 0.2) is 0 Å². The van der Waals surface area contributed by atoms with Gasteiger partial charge in [-0.2, -0.15) is 0 Å². The van der Waals surface area contributed by atoms with E-state index >= 15 is 0 Å². The Labute approximate surface area is 130 Å². The molecule has 0 radical (unpaired) electrons. The van der Waals surface area contributed by atoms with Crippen LogP contribution in [0.3, 0.4) is 0 Å². The van der Waals surface area contributed by atoms with E-state index in [0.717, 1.165) is 40.9 Å². The van der Waals surface area contributed by atoms with Crippen molar-refractivity contribution < 1.29 is 0 Å². The van der Waals surface area contributed by atoms with Crippen LogP contribution in [0.2, 0.25) is 0 Å². The first-order valence-electron chi connectivity index (χ1n) is 7.29. The Balaban J connectivity index is 2.27. The van der Waals surface area contributed by atoms with E-state index in [1.54, 1.807) is 11.3 Å². The number of hydrogen-bond acceptors (Lipinski definition) is 6. The minimum Gasteiger partial charge on any atom is -0.373 e. The van der Waals surface area contributed by atoms with Gasteiger partial charge in [-0.15, -0.1) is 11.3 Å². The summed E-state index contributed by atoms with van der Waals surface area (Å²) in [7, 11) is 1.89. The summed E-state index contributed by atoms with van der Waals surface area (Å²) >= 11 is 1.71. The lowest BCUT2D eigenvalue weighted by Crippen LogP contribution is -2.12. The van der Waals surface area contributed by atoms with Crippen LogP contribution in [-0.2, 0) is 6.42 Å². The molecule has 2 aromatic heterocycles. The van der Waals surface area contributed by atoms with Crippen LogP contribution < -0.4 is 10.6 Å². The highest BCUT2D eigenvalue weighted by Crippen LogP contribution is 2.26. The van der Waals surface area contributed by atoms with Crippen LogP contribution in [0.1, 0.15) is 47.6 Å². The summed E-state index contributed by atoms with van der Waals surface area (Å²) in [6.07, 6.45) is 3.83. The highest BCUT2D eigenvalue weighted by Gasteiger charge is 2.14. The fourth-order valence-corrected chi connectivity index (χ4v) is 2.90. The molecule has 2 N–H and O–H groups in total. The fourth-order valence-electron chi connectivity index (χ4n) is 2.12. The molecule has 0 aliphatic heterocycles. The average Bonchev–Trinajstić information content (AvgIpc) is 2.89. The van der Waals surface area contributed by atoms with E-state index in [1.807, 2.05) is 20.2 Å². The first kappa shape index (κ1) is 15.7. The minimum absolute atomic E-state index is 0.136. The van der Waals surface area contributed by atoms with Crippen LogP contribution >= 0.6 is 11.3 Å². The number of thiazole rings is 1. The Morgan fingerprint density at radius 1 is 1.24 bits per heavy atom. The van der Waals surface area contributed by atoms with Crippen molar-refractivity contribution in [3.63, 3.8) is 0 Å². The number of hydrogen-bond donors (Lipinski definition) is 2. The number of aryl methyl sites for hydroxylation is 2. The normalized spacial score (nSPS) is 12.2. The van der Waals surface area contributed by atoms with Gasteiger partial charge in [0.1, 0.15) is 22.5 Å². The van der Waals surface area contributed by atoms with Gasteiger partial charge in [-0.1, -0.05) is 6.92 Å². The molecule has 0 fully saturated rings. The molecule has 114 valence electrons. The molecule has 1 atom stereocenters. The van der Waals surface area contributed by atoms with E-state index in [4.69, 9.17) is 0 Å². The van der Waals surface area contributed by atoms with Crippen molar-refractivity contribution in [2.24, 2.45) is 0 Å². The fraction of sp³-hybridized carbons (Fsp3) is 0.533. The molecule has 0 spiro atoms. The highest BCUT2D eigenvalue weighted by atomic mass is 32.1. The number of nitrogens with zero attached hydrogens (tertiary/aromatic N) is 3. The Morgan fingerprint density at radius 3 is 2.52 bits per heavy atom. The van der Waals surface area contributed by atoms with Crippen LogP contribution in [0.5, 0.6) is 0 Å². The maximum atomic E-state index is 4.66. The largest absolute Gasteiger partial charge is 0.373 e. The van der Waals surface area contributed by atoms with Crippen molar-refractivity contribution in [1.29, 1.82) is 0 Å². The summed E-state index contributed by atoms with van der Waals surface area (Å²) in [5, 5.41) is 7.69. The van der Waals surface area contributed by atoms with E-state index in [1.165, 1.54) is 4.88 Å². The quantitative estimate of drug-likeness (QED) is 0.851. The SMILES string of the molecule is CCCc1nc(NC)c(C)c(NC(C)c2ncc(C)s2)n1. The van der Waals surface area contributed by atoms with Crippen LogP contribution in [0.4, 0.5) is 11.6 Å². The third-order valence-corrected chi connectivity index (χ3v) is 4.36. The first-order valence-corrected chi connectivity index (χ1v) is 8.11. The zero-order chi connectivity index (χ0) is 15.4. The van der Waals surface area contributed by atoms with Gasteiger partial charge in [-0.3, -0.25) is 0 Å². The van der Waals surface area contributed by atoms with E-state index in [2.05, 4.69) is 46.4 Å². The van der Waals surface area contributed by atoms with Crippen molar-refractivity contribution in [2.45, 2.75) is 46.6 Å². The van der Waals surface area contributed by atoms with Gasteiger partial charge < -0.3 is 10.6 Å². The van der Waals surface area contributed by atoms with Gasteiger partial charge >= 0.3 is 0 Å². The lowest BCUT2D eigenvalue weighted by Gasteiger charge is -2.17. The van der Waals surface area contributed by atoms with E-state index in [-0.39, 0.29) is 6.04 Å². The Hall–Kier alpha value is -1.69. The van der Waals surface area contributed by atoms with Gasteiger partial charge in [0.2, 0.25) is 0 Å². The predicted molar refractivity (Wildman–Crippen MR) is 89.2 cm³/mol. The highest BCUT2D eigenvalue weighted by molar-refractivity contribution is 7.11. The van der Waals surface area contributed by atoms with Crippen LogP contribution in [0, 0.1) is 13.8 Å². The standard InChI is InChI=1S/C15H23N5S/c1-6-7-12-19-13(16-5)10(3)14(20-12)18-11(4)15-17-8-9(2)21-15/h8,11H,6-7H2,1-5H3,(H2,16,18,19,20). The molecule has 21 heavy (non-hydrogen) atoms. The third-order valence-electron chi connectivity index (χ3n) is 3.27. The number of nitrogens with one attached hydrogen (secondary N) is 2. The monoisotopic (exact) mass is 305 g/mol. The van der Waals surface area contributed by atoms with Crippen molar-refractivity contribution in [2.75, 3.05) is 17.7 Å². The molecular weight excluding hydrogens is 282 g/mol. The van der Waals surface area contributed by atoms with Crippen LogP contribution in [0.15, 0.2) is 6.20 Å². The summed E-state index contributed by atoms with van der Waals surface area (Å²) < 4.78 is 0. The van der Waals surface area contributed by atoms with Crippen molar-refractivity contribution in [3.05, 3.63) is 27.5 Å². The zero-order valence-corrected chi connectivity index (χ0v) is 14.1. The maximum Gasteiger partial charge on any atom is 0.135 e. The average molecular weight is 305 g/mol. The maximum absolute atomic E-state index is 4.66. The van der Waals surface area contributed by atoms with E-state index in [9.17, 15) is 0 Å². The minimum atomic E-state index is 0.136. The second-order valence-electron chi connectivity index (χ2n) is 5.14. The number of rotatable bonds is 6. The molecule has 5 nitrogen and oxygen atoms in total. The van der Waals surface area contributed by atoms with Gasteiger partial charge in [-0.25, -0.2) is 15.0 Å². The topological polar surface area (TPSA) is 62.7 Å². The molecule has 2 heterocycles. The Morgan fingerprint density at radius 2 is 1.95 bits per heavy atom. The lowest BCUT2D eigenvalue weighted by atomic mass is 10.2. The second-order valence-corrected chi connectivity index (χ2v) is 6.40. The molecule has 0 saturated carbocycles. The predicted octanol–water partition coefficient (Wildman–Crippen LogP) is 3.72. The van der Waals surface area contributed by atoms with Crippen LogP contribution in [0.25, 0.3) is 0 Å². The van der Waals surface area contributed by atoms with E-state index < -0.39 is 0 Å². The summed E-state index contributed by atoms with van der Waals surface area (Å²) in [5.74, 6) is 2.65. The summed E-state index contributed by atoms with van der Waals surface area (Å²) in [5.41, 5.74) is 1.04. The molecule has 0 amide bonds. The van der Waals surface area contributed by atoms with Crippen LogP contribution in [-0.4, -0.2) is 22.0 Å². The number of aromatic nitrogens is 3. The summed E-state index contributed by atoms with van der Waals surface area (Å²) in [4.78, 5) is 14.9. The van der Waals surface area contributed by atoms with Crippen molar-refractivity contribution >= 4 is 23.0 Å². The first-order chi connectivity index (χ1) is 10.0. The molecule has 0 aliphatic carbocycles. The molecule has 6 heteroatoms. The van der Waals surface area contributed by atoms with Crippen molar-refractivity contribution in [1.82, 2.24) is 15.0 Å². The lowest BCUT2D eigenvalue weighted by molar-refractivity contribution is 0.812. The molecule has 1 unspecified atom stereocenters. The smallest absolute Gasteiger partial charge is 0.135 e. The van der Waals surface area contributed by atoms with Gasteiger partial charge in [-0.05, 0) is 27.2 Å². The van der Waals surface area contributed by atoms with Crippen molar-refractivity contribution in [3.8, 4) is 0 Å². The molecule has 0 aromatic carbocycles. The molecule has 2 rings (SSSR count). The summed E-state index contributed by atoms with van der Waals surface area (Å²) in [6, 6.07) is 0.136. The molecule has 0 bridgehead atoms. The Bertz CT molecular complexity index is 608. The molecular formula is C15H23N5S. The third kappa shape index (κ3) is 3.69. The second kappa shape index (κ2) is 6.85. The zero-order valence-electron chi connectivity index (χ0n) is 13.3. The molecule has 0 saturated heterocycles. The van der Waals surface area contributed by atoms with Gasteiger partial charge in [0, 0.05) is 30.1 Å². The number of anilines is 2. The van der Waals surface area contributed by atoms with E-state index in [0.29, 0.717) is 0 Å². The summed E-state index contributed by atoms with van der Waals surface area (Å²) in [6.45, 7) is 8.35. The molecule has 0 aliphatic rings. The van der Waals surface area contributed by atoms with Gasteiger partial charge in [0.25, 0.3) is 0 Å². The van der Waals surface area contributed by atoms with Gasteiger partial charge in [0.05, 0.1) is 6.04 Å². The molecule has 2 aromatic rings.